The van der Waals surface area contributed by atoms with Crippen LogP contribution in [-0.4, -0.2) is 121 Å². The average Bonchev–Trinajstić information content (AvgIpc) is 0.999. The topological polar surface area (TPSA) is 302 Å². The number of aliphatic hydroxyl groups excluding tert-OH is 1. The van der Waals surface area contributed by atoms with Crippen molar-refractivity contribution in [3.8, 4) is 45.0 Å². The van der Waals surface area contributed by atoms with Crippen LogP contribution < -0.4 is 5.32 Å². The number of carbonyl (C=O) groups is 5. The van der Waals surface area contributed by atoms with Gasteiger partial charge in [0.2, 0.25) is 6.08 Å². The van der Waals surface area contributed by atoms with E-state index in [0.717, 1.165) is 61.7 Å². The molecule has 10 aromatic rings. The Kier molecular flexibility index (Phi) is 46.6. The van der Waals surface area contributed by atoms with Crippen LogP contribution >= 0.6 is 0 Å². The van der Waals surface area contributed by atoms with Crippen molar-refractivity contribution in [2.75, 3.05) is 39.5 Å². The molecule has 6 aromatic heterocycles. The molecule has 0 atom stereocenters. The van der Waals surface area contributed by atoms with E-state index in [-0.39, 0.29) is 126 Å². The molecule has 0 unspecified atom stereocenters. The van der Waals surface area contributed by atoms with Crippen molar-refractivity contribution in [1.82, 2.24) is 35.2 Å². The number of carbonyl (C=O) groups excluding carboxylic acids is 4. The number of amides is 1. The Morgan fingerprint density at radius 2 is 0.861 bits per heavy atom. The number of nitrogens with one attached hydrogen (secondary N) is 1. The second-order valence-corrected chi connectivity index (χ2v) is 20.5. The SMILES string of the molecule is C.C1CCOC1.C=C(C)C(=O)OCCN=C=O.C=C(C)C(=O)OCCNC(=O)OCc1ccc(C(=O)O)nc1.Fc1c[c-]c(-c2ccccn2)c(F)c1.Fc1c[c-]c(-c2ccccn2)c(F)c1.Fc1c[c-]c(-c2ccccn2)c(F)c1.Fc1c[c-]c(-c2ccccn2)c(F)c1.O=C(O)c1ccc(CO)cn1.[Ir].[Ir]. The van der Waals surface area contributed by atoms with Gasteiger partial charge in [0.05, 0.1) is 19.7 Å². The van der Waals surface area contributed by atoms with Crippen LogP contribution in [0.15, 0.2) is 212 Å². The van der Waals surface area contributed by atoms with Crippen LogP contribution in [0.25, 0.3) is 45.0 Å². The number of alkyl carbamates (subject to hydrolysis) is 1. The number of carboxylic acids is 2. The summed E-state index contributed by atoms with van der Waals surface area (Å²) in [5.41, 5.74) is 4.21. The molecule has 0 bridgehead atoms. The van der Waals surface area contributed by atoms with Crippen molar-refractivity contribution in [3.63, 3.8) is 0 Å². The van der Waals surface area contributed by atoms with Crippen LogP contribution in [-0.2, 0) is 86.8 Å². The maximum atomic E-state index is 13.2. The average molecular weight is 1850 g/mol. The summed E-state index contributed by atoms with van der Waals surface area (Å²) in [7, 11) is 0. The molecule has 1 amide bonds. The molecule has 21 nitrogen and oxygen atoms in total. The second-order valence-electron chi connectivity index (χ2n) is 20.5. The maximum Gasteiger partial charge on any atom is 0.407 e. The molecule has 1 aliphatic heterocycles. The third-order valence-corrected chi connectivity index (χ3v) is 12.4. The Labute approximate surface area is 643 Å². The van der Waals surface area contributed by atoms with Gasteiger partial charge in [0.15, 0.2) is 0 Å². The molecule has 7 heterocycles. The first-order valence-corrected chi connectivity index (χ1v) is 30.7. The van der Waals surface area contributed by atoms with E-state index < -0.39 is 76.5 Å². The van der Waals surface area contributed by atoms with Crippen LogP contribution in [0.2, 0.25) is 0 Å². The first kappa shape index (κ1) is 94.5. The molecule has 1 fully saturated rings. The number of hydrogen-bond donors (Lipinski definition) is 4. The van der Waals surface area contributed by atoms with E-state index >= 15 is 0 Å². The molecule has 2 radical (unpaired) electrons. The van der Waals surface area contributed by atoms with Gasteiger partial charge in [-0.3, -0.25) is 35.1 Å². The minimum absolute atomic E-state index is 0. The zero-order chi connectivity index (χ0) is 76.9. The van der Waals surface area contributed by atoms with Crippen molar-refractivity contribution in [3.05, 3.63) is 300 Å². The Bertz CT molecular complexity index is 4100. The first-order chi connectivity index (χ1) is 50.4. The number of aromatic nitrogens is 6. The molecule has 11 rings (SSSR count). The fraction of sp³-hybridized carbons (Fsp3) is 0.169. The summed E-state index contributed by atoms with van der Waals surface area (Å²) in [5.74, 6) is -8.33. The number of benzene rings is 4. The van der Waals surface area contributed by atoms with Crippen molar-refractivity contribution >= 4 is 36.1 Å². The quantitative estimate of drug-likeness (QED) is 0.00962. The van der Waals surface area contributed by atoms with E-state index in [1.54, 1.807) is 105 Å². The van der Waals surface area contributed by atoms with E-state index in [4.69, 9.17) is 29.5 Å². The van der Waals surface area contributed by atoms with Gasteiger partial charge in [-0.1, -0.05) is 128 Å². The fourth-order valence-electron chi connectivity index (χ4n) is 7.37. The van der Waals surface area contributed by atoms with Crippen LogP contribution in [0.4, 0.5) is 39.9 Å². The molecule has 4 N–H and O–H groups in total. The number of esters is 2. The van der Waals surface area contributed by atoms with E-state index in [9.17, 15) is 63.9 Å². The van der Waals surface area contributed by atoms with E-state index in [1.807, 2.05) is 0 Å². The number of aliphatic imine (C=N–C) groups is 1. The van der Waals surface area contributed by atoms with Crippen LogP contribution in [0.3, 0.4) is 0 Å². The Balaban J connectivity index is 0.000000626. The van der Waals surface area contributed by atoms with Gasteiger partial charge >= 0.3 is 30.0 Å². The van der Waals surface area contributed by atoms with E-state index in [2.05, 4.69) is 82.4 Å². The zero-order valence-electron chi connectivity index (χ0n) is 56.6. The summed E-state index contributed by atoms with van der Waals surface area (Å²) < 4.78 is 122. The molecule has 0 saturated carbocycles. The first-order valence-electron chi connectivity index (χ1n) is 30.7. The minimum atomic E-state index is -1.13. The van der Waals surface area contributed by atoms with Crippen molar-refractivity contribution in [2.24, 2.45) is 4.99 Å². The number of pyridine rings is 6. The molecular formula is C77H68F8Ir2N8O13-4. The second kappa shape index (κ2) is 53.3. The molecule has 31 heteroatoms. The summed E-state index contributed by atoms with van der Waals surface area (Å²) in [6.07, 6.45) is 12.0. The summed E-state index contributed by atoms with van der Waals surface area (Å²) in [6.45, 7) is 12.1. The number of nitrogens with zero attached hydrogens (tertiary/aromatic N) is 7. The molecular weight excluding hydrogens is 1780 g/mol. The number of ether oxygens (including phenoxy) is 4. The predicted octanol–water partition coefficient (Wildman–Crippen LogP) is 14.6. The Morgan fingerprint density at radius 1 is 0.519 bits per heavy atom. The summed E-state index contributed by atoms with van der Waals surface area (Å²) in [5, 5.41) is 28.1. The van der Waals surface area contributed by atoms with Crippen LogP contribution in [0.5, 0.6) is 0 Å². The maximum absolute atomic E-state index is 13.2. The van der Waals surface area contributed by atoms with Gasteiger partial charge in [0, 0.05) is 154 Å². The molecule has 0 aliphatic carbocycles. The molecule has 1 aliphatic rings. The third kappa shape index (κ3) is 36.9. The molecule has 1 saturated heterocycles. The standard InChI is InChI=1S/C14H16N2O6.4C11H6F2N.C7H7NO3.C7H9NO3.C4H8O.CH4.2Ir/c1-9(2)13(19)21-6-5-15-14(20)22-8-10-3-4-11(12(17)18)16-7-10;4*12-8-4-5-9(10(13)7-8)11-3-1-2-6-14-11;9-4-5-1-2-6(7(10)11)8-3-5;1-6(2)7(10)11-4-3-8-5-9;1-2-4-5-3-1;;;/h3-4,7H,1,5-6,8H2,2H3,(H,15,20)(H,17,18);4*1-4,6-7H;1-3,9H,4H2,(H,10,11);1,3-4H2,2H3;1-4H2;1H4;;/q;4*-1;;;;;;. The predicted molar refractivity (Wildman–Crippen MR) is 372 cm³/mol. The number of aromatic carboxylic acids is 2. The largest absolute Gasteiger partial charge is 0.477 e. The number of carboxylic acid groups (broad SMARTS) is 2. The normalized spacial score (nSPS) is 10.1. The zero-order valence-corrected chi connectivity index (χ0v) is 61.3. The fourth-order valence-corrected chi connectivity index (χ4v) is 7.37. The van der Waals surface area contributed by atoms with Crippen LogP contribution in [0.1, 0.15) is 66.2 Å². The number of isocyanates is 1. The van der Waals surface area contributed by atoms with Gasteiger partial charge in [0.1, 0.15) is 31.2 Å². The van der Waals surface area contributed by atoms with Gasteiger partial charge in [-0.25, -0.2) is 43.7 Å². The van der Waals surface area contributed by atoms with Gasteiger partial charge < -0.3 is 59.5 Å². The van der Waals surface area contributed by atoms with Crippen molar-refractivity contribution < 1.29 is 138 Å². The summed E-state index contributed by atoms with van der Waals surface area (Å²) >= 11 is 0. The number of hydrogen-bond acceptors (Lipinski definition) is 18. The van der Waals surface area contributed by atoms with Gasteiger partial charge in [-0.2, -0.15) is 0 Å². The van der Waals surface area contributed by atoms with Crippen molar-refractivity contribution in [1.29, 1.82) is 0 Å². The minimum Gasteiger partial charge on any atom is -0.477 e. The van der Waals surface area contributed by atoms with E-state index in [0.29, 0.717) is 39.5 Å². The number of aliphatic hydroxyl groups is 1. The Hall–Kier alpha value is -11.6. The number of rotatable bonds is 17. The summed E-state index contributed by atoms with van der Waals surface area (Å²) in [4.78, 5) is 89.7. The molecule has 108 heavy (non-hydrogen) atoms. The molecule has 572 valence electrons. The molecule has 4 aromatic carbocycles. The monoisotopic (exact) mass is 1850 g/mol. The molecule has 0 spiro atoms. The van der Waals surface area contributed by atoms with E-state index in [1.165, 1.54) is 62.5 Å². The van der Waals surface area contributed by atoms with Gasteiger partial charge in [-0.05, 0) is 91.4 Å². The van der Waals surface area contributed by atoms with Crippen molar-refractivity contribution in [2.45, 2.75) is 47.3 Å². The Morgan fingerprint density at radius 3 is 1.12 bits per heavy atom. The van der Waals surface area contributed by atoms with Gasteiger partial charge in [0.25, 0.3) is 0 Å². The van der Waals surface area contributed by atoms with Gasteiger partial charge in [-0.15, -0.1) is 48.5 Å². The van der Waals surface area contributed by atoms with Crippen LogP contribution in [0, 0.1) is 70.8 Å². The smallest absolute Gasteiger partial charge is 0.407 e. The third-order valence-electron chi connectivity index (χ3n) is 12.4. The number of halogens is 8. The summed E-state index contributed by atoms with van der Waals surface area (Å²) in [6, 6.07) is 43.8.